The minimum absolute atomic E-state index is 0.0544. The van der Waals surface area contributed by atoms with Gasteiger partial charge in [0, 0.05) is 35.6 Å². The van der Waals surface area contributed by atoms with E-state index in [4.69, 9.17) is 9.72 Å². The van der Waals surface area contributed by atoms with Gasteiger partial charge < -0.3 is 14.2 Å². The third kappa shape index (κ3) is 5.05. The first kappa shape index (κ1) is 24.6. The lowest BCUT2D eigenvalue weighted by Crippen LogP contribution is -2.24. The lowest BCUT2D eigenvalue weighted by atomic mass is 10.0. The molecule has 3 aromatic carbocycles. The second-order valence-corrected chi connectivity index (χ2v) is 10.8. The third-order valence-electron chi connectivity index (χ3n) is 6.89. The number of halogens is 1. The molecular weight excluding hydrogens is 514 g/mol. The standard InChI is InChI=1S/C30H32BrN3O2/c1-20(2)25-14-9-21(3)17-28(25)36-16-6-15-33-27-8-5-4-7-26(27)32-30(33)22-18-29(35)34(19-22)24-12-10-23(31)11-13-24/h4-5,7-14,17,20,22H,6,15-16,18-19H2,1-3H3. The van der Waals surface area contributed by atoms with Crippen molar-refractivity contribution < 1.29 is 9.53 Å². The highest BCUT2D eigenvalue weighted by Gasteiger charge is 2.34. The van der Waals surface area contributed by atoms with E-state index in [9.17, 15) is 4.79 Å². The fourth-order valence-corrected chi connectivity index (χ4v) is 5.30. The number of nitrogens with zero attached hydrogens (tertiary/aromatic N) is 3. The predicted molar refractivity (Wildman–Crippen MR) is 149 cm³/mol. The van der Waals surface area contributed by atoms with E-state index >= 15 is 0 Å². The Labute approximate surface area is 221 Å². The number of para-hydroxylation sites is 2. The number of rotatable bonds is 8. The number of hydrogen-bond donors (Lipinski definition) is 0. The second-order valence-electron chi connectivity index (χ2n) is 9.89. The van der Waals surface area contributed by atoms with Gasteiger partial charge in [0.1, 0.15) is 11.6 Å². The van der Waals surface area contributed by atoms with Crippen molar-refractivity contribution in [1.82, 2.24) is 9.55 Å². The summed E-state index contributed by atoms with van der Waals surface area (Å²) in [6.07, 6.45) is 1.33. The van der Waals surface area contributed by atoms with Crippen molar-refractivity contribution >= 4 is 38.6 Å². The Kier molecular flexibility index (Phi) is 7.15. The molecule has 1 atom stereocenters. The Bertz CT molecular complexity index is 1380. The van der Waals surface area contributed by atoms with Crippen LogP contribution < -0.4 is 9.64 Å². The van der Waals surface area contributed by atoms with E-state index in [1.54, 1.807) is 0 Å². The number of fused-ring (bicyclic) bond motifs is 1. The van der Waals surface area contributed by atoms with Crippen LogP contribution >= 0.6 is 15.9 Å². The molecule has 1 aromatic heterocycles. The van der Waals surface area contributed by atoms with E-state index in [1.165, 1.54) is 11.1 Å². The number of carbonyl (C=O) groups is 1. The molecule has 1 fully saturated rings. The molecule has 1 aliphatic heterocycles. The summed E-state index contributed by atoms with van der Waals surface area (Å²) in [6, 6.07) is 22.6. The molecule has 0 radical (unpaired) electrons. The number of imidazole rings is 1. The molecule has 186 valence electrons. The van der Waals surface area contributed by atoms with E-state index in [2.05, 4.69) is 77.7 Å². The summed E-state index contributed by atoms with van der Waals surface area (Å²) in [5.41, 5.74) is 5.47. The van der Waals surface area contributed by atoms with Crippen molar-refractivity contribution in [1.29, 1.82) is 0 Å². The summed E-state index contributed by atoms with van der Waals surface area (Å²) in [5, 5.41) is 0. The highest BCUT2D eigenvalue weighted by Crippen LogP contribution is 2.34. The Morgan fingerprint density at radius 1 is 1.08 bits per heavy atom. The van der Waals surface area contributed by atoms with Crippen molar-refractivity contribution in [2.45, 2.75) is 52.0 Å². The van der Waals surface area contributed by atoms with Crippen LogP contribution in [0.4, 0.5) is 5.69 Å². The highest BCUT2D eigenvalue weighted by atomic mass is 79.9. The SMILES string of the molecule is Cc1ccc(C(C)C)c(OCCCn2c(C3CC(=O)N(c4ccc(Br)cc4)C3)nc3ccccc32)c1. The maximum absolute atomic E-state index is 13.0. The lowest BCUT2D eigenvalue weighted by molar-refractivity contribution is -0.117. The minimum Gasteiger partial charge on any atom is -0.493 e. The monoisotopic (exact) mass is 545 g/mol. The van der Waals surface area contributed by atoms with Gasteiger partial charge in [0.05, 0.1) is 17.6 Å². The van der Waals surface area contributed by atoms with Crippen LogP contribution in [-0.2, 0) is 11.3 Å². The summed E-state index contributed by atoms with van der Waals surface area (Å²) in [7, 11) is 0. The number of ether oxygens (including phenoxy) is 1. The molecule has 1 unspecified atom stereocenters. The van der Waals surface area contributed by atoms with Crippen LogP contribution in [0, 0.1) is 6.92 Å². The number of aryl methyl sites for hydroxylation is 2. The number of anilines is 1. The Balaban J connectivity index is 1.34. The van der Waals surface area contributed by atoms with Crippen molar-refractivity contribution in [3.05, 3.63) is 88.2 Å². The smallest absolute Gasteiger partial charge is 0.227 e. The molecule has 0 N–H and O–H groups in total. The van der Waals surface area contributed by atoms with Crippen LogP contribution in [0.5, 0.6) is 5.75 Å². The maximum Gasteiger partial charge on any atom is 0.227 e. The normalized spacial score (nSPS) is 15.9. The Morgan fingerprint density at radius 2 is 1.86 bits per heavy atom. The van der Waals surface area contributed by atoms with Gasteiger partial charge in [-0.2, -0.15) is 0 Å². The van der Waals surface area contributed by atoms with Gasteiger partial charge in [-0.1, -0.05) is 54.0 Å². The van der Waals surface area contributed by atoms with Crippen LogP contribution in [0.2, 0.25) is 0 Å². The molecule has 5 nitrogen and oxygen atoms in total. The van der Waals surface area contributed by atoms with Crippen LogP contribution in [-0.4, -0.2) is 28.6 Å². The van der Waals surface area contributed by atoms with Crippen molar-refractivity contribution in [2.75, 3.05) is 18.1 Å². The average molecular weight is 547 g/mol. The largest absolute Gasteiger partial charge is 0.493 e. The zero-order valence-corrected chi connectivity index (χ0v) is 22.7. The number of carbonyl (C=O) groups excluding carboxylic acids is 1. The summed E-state index contributed by atoms with van der Waals surface area (Å²) < 4.78 is 9.55. The topological polar surface area (TPSA) is 47.4 Å². The van der Waals surface area contributed by atoms with E-state index < -0.39 is 0 Å². The molecule has 5 rings (SSSR count). The summed E-state index contributed by atoms with van der Waals surface area (Å²) in [5.74, 6) is 2.58. The number of benzene rings is 3. The first-order valence-corrected chi connectivity index (χ1v) is 13.4. The number of hydrogen-bond acceptors (Lipinski definition) is 3. The molecular formula is C30H32BrN3O2. The fourth-order valence-electron chi connectivity index (χ4n) is 5.04. The number of aromatic nitrogens is 2. The molecule has 0 saturated carbocycles. The molecule has 36 heavy (non-hydrogen) atoms. The molecule has 2 heterocycles. The molecule has 4 aromatic rings. The Morgan fingerprint density at radius 3 is 2.64 bits per heavy atom. The molecule has 1 amide bonds. The summed E-state index contributed by atoms with van der Waals surface area (Å²) in [6.45, 7) is 8.55. The van der Waals surface area contributed by atoms with Gasteiger partial charge in [0.25, 0.3) is 0 Å². The van der Waals surface area contributed by atoms with Crippen molar-refractivity contribution in [3.63, 3.8) is 0 Å². The predicted octanol–water partition coefficient (Wildman–Crippen LogP) is 7.22. The molecule has 1 aliphatic rings. The summed E-state index contributed by atoms with van der Waals surface area (Å²) in [4.78, 5) is 19.8. The molecule has 1 saturated heterocycles. The molecule has 0 bridgehead atoms. The van der Waals surface area contributed by atoms with E-state index in [1.807, 2.05) is 35.2 Å². The van der Waals surface area contributed by atoms with Gasteiger partial charge in [0.2, 0.25) is 5.91 Å². The summed E-state index contributed by atoms with van der Waals surface area (Å²) >= 11 is 3.48. The maximum atomic E-state index is 13.0. The van der Waals surface area contributed by atoms with Crippen molar-refractivity contribution in [2.24, 2.45) is 0 Å². The minimum atomic E-state index is 0.0544. The first-order chi connectivity index (χ1) is 17.4. The molecule has 0 spiro atoms. The Hall–Kier alpha value is -3.12. The van der Waals surface area contributed by atoms with Crippen molar-refractivity contribution in [3.8, 4) is 5.75 Å². The van der Waals surface area contributed by atoms with E-state index in [0.29, 0.717) is 25.5 Å². The van der Waals surface area contributed by atoms with Gasteiger partial charge >= 0.3 is 0 Å². The van der Waals surface area contributed by atoms with Gasteiger partial charge in [0.15, 0.2) is 0 Å². The zero-order chi connectivity index (χ0) is 25.2. The van der Waals surface area contributed by atoms with Crippen LogP contribution in [0.25, 0.3) is 11.0 Å². The average Bonchev–Trinajstić information content (AvgIpc) is 3.42. The number of amides is 1. The van der Waals surface area contributed by atoms with Gasteiger partial charge in [-0.05, 0) is 72.9 Å². The van der Waals surface area contributed by atoms with E-state index in [-0.39, 0.29) is 11.8 Å². The third-order valence-corrected chi connectivity index (χ3v) is 7.42. The lowest BCUT2D eigenvalue weighted by Gasteiger charge is -2.18. The second kappa shape index (κ2) is 10.5. The highest BCUT2D eigenvalue weighted by molar-refractivity contribution is 9.10. The van der Waals surface area contributed by atoms with Crippen LogP contribution in [0.3, 0.4) is 0 Å². The molecule has 0 aliphatic carbocycles. The van der Waals surface area contributed by atoms with Gasteiger partial charge in [-0.15, -0.1) is 0 Å². The van der Waals surface area contributed by atoms with Gasteiger partial charge in [-0.25, -0.2) is 4.98 Å². The van der Waals surface area contributed by atoms with E-state index in [0.717, 1.165) is 45.7 Å². The van der Waals surface area contributed by atoms with Gasteiger partial charge in [-0.3, -0.25) is 4.79 Å². The quantitative estimate of drug-likeness (QED) is 0.219. The molecule has 6 heteroatoms. The van der Waals surface area contributed by atoms with Crippen LogP contribution in [0.15, 0.2) is 71.2 Å². The first-order valence-electron chi connectivity index (χ1n) is 12.6. The fraction of sp³-hybridized carbons (Fsp3) is 0.333. The van der Waals surface area contributed by atoms with Crippen LogP contribution in [0.1, 0.15) is 55.5 Å². The zero-order valence-electron chi connectivity index (χ0n) is 21.1.